The number of carbonyl (C=O) groups excluding carboxylic acids is 2. The summed E-state index contributed by atoms with van der Waals surface area (Å²) in [6, 6.07) is 3.15. The van der Waals surface area contributed by atoms with Gasteiger partial charge in [0.25, 0.3) is 11.8 Å². The second kappa shape index (κ2) is 10.8. The molecular weight excluding hydrogens is 334 g/mol. The van der Waals surface area contributed by atoms with E-state index in [0.29, 0.717) is 18.7 Å². The number of ether oxygens (including phenoxy) is 1. The topological polar surface area (TPSA) is 86.8 Å². The molecule has 1 aliphatic rings. The van der Waals surface area contributed by atoms with Crippen LogP contribution in [0.3, 0.4) is 0 Å². The fourth-order valence-corrected chi connectivity index (χ4v) is 2.64. The summed E-state index contributed by atoms with van der Waals surface area (Å²) in [5.74, 6) is -0.450. The Balaban J connectivity index is 1.77. The zero-order chi connectivity index (χ0) is 18.8. The van der Waals surface area contributed by atoms with Gasteiger partial charge in [-0.1, -0.05) is 0 Å². The van der Waals surface area contributed by atoms with Gasteiger partial charge in [0.1, 0.15) is 5.69 Å². The molecule has 0 aromatic carbocycles. The number of rotatable bonds is 9. The summed E-state index contributed by atoms with van der Waals surface area (Å²) >= 11 is 0. The van der Waals surface area contributed by atoms with Gasteiger partial charge in [-0.05, 0) is 39.2 Å². The van der Waals surface area contributed by atoms with Gasteiger partial charge in [0, 0.05) is 44.5 Å². The molecule has 2 rings (SSSR count). The molecular formula is C18H29N5O3. The number of hydrogen-bond acceptors (Lipinski definition) is 6. The SMILES string of the molecule is CN(C)CCCNC(=O)c1ccnc(C(=O)NCCN2CCOCC2)c1. The van der Waals surface area contributed by atoms with Crippen molar-refractivity contribution in [1.82, 2.24) is 25.4 Å². The molecule has 1 aromatic rings. The van der Waals surface area contributed by atoms with Gasteiger partial charge in [-0.15, -0.1) is 0 Å². The van der Waals surface area contributed by atoms with Crippen molar-refractivity contribution < 1.29 is 14.3 Å². The molecule has 1 aliphatic heterocycles. The van der Waals surface area contributed by atoms with Crippen molar-refractivity contribution >= 4 is 11.8 Å². The van der Waals surface area contributed by atoms with Crippen LogP contribution in [0.15, 0.2) is 18.3 Å². The lowest BCUT2D eigenvalue weighted by molar-refractivity contribution is 0.0383. The van der Waals surface area contributed by atoms with Gasteiger partial charge in [0.15, 0.2) is 0 Å². The maximum atomic E-state index is 12.2. The van der Waals surface area contributed by atoms with Crippen LogP contribution in [-0.2, 0) is 4.74 Å². The van der Waals surface area contributed by atoms with Crippen LogP contribution in [0.4, 0.5) is 0 Å². The van der Waals surface area contributed by atoms with Crippen molar-refractivity contribution in [2.24, 2.45) is 0 Å². The highest BCUT2D eigenvalue weighted by Gasteiger charge is 2.13. The molecule has 0 saturated carbocycles. The van der Waals surface area contributed by atoms with E-state index in [0.717, 1.165) is 45.8 Å². The first-order chi connectivity index (χ1) is 12.6. The van der Waals surface area contributed by atoms with E-state index in [1.54, 1.807) is 6.07 Å². The normalized spacial score (nSPS) is 15.0. The van der Waals surface area contributed by atoms with Crippen molar-refractivity contribution in [3.05, 3.63) is 29.6 Å². The van der Waals surface area contributed by atoms with E-state index in [1.165, 1.54) is 12.3 Å². The van der Waals surface area contributed by atoms with Gasteiger partial charge in [-0.3, -0.25) is 19.5 Å². The summed E-state index contributed by atoms with van der Waals surface area (Å²) in [6.45, 7) is 6.08. The average Bonchev–Trinajstić information content (AvgIpc) is 2.66. The monoisotopic (exact) mass is 363 g/mol. The molecule has 0 aliphatic carbocycles. The van der Waals surface area contributed by atoms with E-state index < -0.39 is 0 Å². The highest BCUT2D eigenvalue weighted by Crippen LogP contribution is 2.02. The summed E-state index contributed by atoms with van der Waals surface area (Å²) in [5.41, 5.74) is 0.705. The third-order valence-electron chi connectivity index (χ3n) is 4.14. The molecule has 0 radical (unpaired) electrons. The molecule has 1 saturated heterocycles. The van der Waals surface area contributed by atoms with Crippen LogP contribution >= 0.6 is 0 Å². The van der Waals surface area contributed by atoms with Gasteiger partial charge in [0.05, 0.1) is 13.2 Å². The third-order valence-corrected chi connectivity index (χ3v) is 4.14. The molecule has 8 heteroatoms. The molecule has 26 heavy (non-hydrogen) atoms. The minimum Gasteiger partial charge on any atom is -0.379 e. The minimum atomic E-state index is -0.263. The number of hydrogen-bond donors (Lipinski definition) is 2. The highest BCUT2D eigenvalue weighted by molar-refractivity contribution is 5.98. The van der Waals surface area contributed by atoms with Gasteiger partial charge >= 0.3 is 0 Å². The third kappa shape index (κ3) is 7.07. The Bertz CT molecular complexity index is 588. The first-order valence-electron chi connectivity index (χ1n) is 9.03. The van der Waals surface area contributed by atoms with E-state index in [4.69, 9.17) is 4.74 Å². The van der Waals surface area contributed by atoms with Crippen LogP contribution in [0.5, 0.6) is 0 Å². The van der Waals surface area contributed by atoms with Gasteiger partial charge in [0.2, 0.25) is 0 Å². The van der Waals surface area contributed by atoms with Crippen LogP contribution < -0.4 is 10.6 Å². The predicted molar refractivity (Wildman–Crippen MR) is 99.3 cm³/mol. The second-order valence-electron chi connectivity index (χ2n) is 6.55. The highest BCUT2D eigenvalue weighted by atomic mass is 16.5. The predicted octanol–water partition coefficient (Wildman–Crippen LogP) is -0.175. The van der Waals surface area contributed by atoms with E-state index in [2.05, 4.69) is 25.4 Å². The number of nitrogens with zero attached hydrogens (tertiary/aromatic N) is 3. The number of morpholine rings is 1. The molecule has 2 heterocycles. The Morgan fingerprint density at radius 2 is 1.92 bits per heavy atom. The number of nitrogens with one attached hydrogen (secondary N) is 2. The van der Waals surface area contributed by atoms with E-state index in [9.17, 15) is 9.59 Å². The van der Waals surface area contributed by atoms with E-state index in [1.807, 2.05) is 14.1 Å². The molecule has 0 spiro atoms. The number of amides is 2. The van der Waals surface area contributed by atoms with Gasteiger partial charge in [-0.25, -0.2) is 0 Å². The molecule has 0 bridgehead atoms. The molecule has 2 amide bonds. The standard InChI is InChI=1S/C18H29N5O3/c1-22(2)8-3-5-20-17(24)15-4-6-19-16(14-15)18(25)21-7-9-23-10-12-26-13-11-23/h4,6,14H,3,5,7-13H2,1-2H3,(H,20,24)(H,21,25). The van der Waals surface area contributed by atoms with E-state index >= 15 is 0 Å². The van der Waals surface area contributed by atoms with Gasteiger partial charge in [-0.2, -0.15) is 0 Å². The van der Waals surface area contributed by atoms with Crippen molar-refractivity contribution in [1.29, 1.82) is 0 Å². The molecule has 144 valence electrons. The van der Waals surface area contributed by atoms with Crippen LogP contribution in [0, 0.1) is 0 Å². The molecule has 0 atom stereocenters. The maximum Gasteiger partial charge on any atom is 0.269 e. The number of pyridine rings is 1. The fourth-order valence-electron chi connectivity index (χ4n) is 2.64. The summed E-state index contributed by atoms with van der Waals surface area (Å²) in [7, 11) is 3.99. The first kappa shape index (κ1) is 20.3. The quantitative estimate of drug-likeness (QED) is 0.592. The summed E-state index contributed by atoms with van der Waals surface area (Å²) < 4.78 is 5.30. The molecule has 2 N–H and O–H groups in total. The van der Waals surface area contributed by atoms with Crippen molar-refractivity contribution in [2.45, 2.75) is 6.42 Å². The van der Waals surface area contributed by atoms with Crippen LogP contribution in [0.1, 0.15) is 27.3 Å². The Morgan fingerprint density at radius 1 is 1.19 bits per heavy atom. The number of carbonyl (C=O) groups is 2. The average molecular weight is 363 g/mol. The first-order valence-corrected chi connectivity index (χ1v) is 9.03. The Kier molecular flexibility index (Phi) is 8.46. The lowest BCUT2D eigenvalue weighted by atomic mass is 10.2. The lowest BCUT2D eigenvalue weighted by Gasteiger charge is -2.26. The zero-order valence-electron chi connectivity index (χ0n) is 15.7. The Labute approximate surface area is 154 Å². The van der Waals surface area contributed by atoms with Crippen LogP contribution in [-0.4, -0.2) is 93.2 Å². The molecule has 0 unspecified atom stereocenters. The Hall–Kier alpha value is -2.03. The fraction of sp³-hybridized carbons (Fsp3) is 0.611. The van der Waals surface area contributed by atoms with Crippen LogP contribution in [0.25, 0.3) is 0 Å². The summed E-state index contributed by atoms with van der Waals surface area (Å²) in [5, 5.41) is 5.72. The lowest BCUT2D eigenvalue weighted by Crippen LogP contribution is -2.41. The van der Waals surface area contributed by atoms with Crippen molar-refractivity contribution in [3.8, 4) is 0 Å². The summed E-state index contributed by atoms with van der Waals surface area (Å²) in [4.78, 5) is 32.8. The van der Waals surface area contributed by atoms with Gasteiger partial charge < -0.3 is 20.3 Å². The molecule has 1 fully saturated rings. The van der Waals surface area contributed by atoms with Crippen molar-refractivity contribution in [3.63, 3.8) is 0 Å². The number of aromatic nitrogens is 1. The minimum absolute atomic E-state index is 0.187. The largest absolute Gasteiger partial charge is 0.379 e. The molecule has 1 aromatic heterocycles. The van der Waals surface area contributed by atoms with Crippen molar-refractivity contribution in [2.75, 3.05) is 66.6 Å². The maximum absolute atomic E-state index is 12.2. The second-order valence-corrected chi connectivity index (χ2v) is 6.55. The smallest absolute Gasteiger partial charge is 0.269 e. The summed E-state index contributed by atoms with van der Waals surface area (Å²) in [6.07, 6.45) is 2.37. The van der Waals surface area contributed by atoms with E-state index in [-0.39, 0.29) is 17.5 Å². The molecule has 8 nitrogen and oxygen atoms in total. The Morgan fingerprint density at radius 3 is 2.65 bits per heavy atom. The zero-order valence-corrected chi connectivity index (χ0v) is 15.7. The van der Waals surface area contributed by atoms with Crippen LogP contribution in [0.2, 0.25) is 0 Å².